The van der Waals surface area contributed by atoms with Gasteiger partial charge in [0.1, 0.15) is 0 Å². The molecular formula is C19H24N2O3S. The van der Waals surface area contributed by atoms with Gasteiger partial charge in [0.05, 0.1) is 4.90 Å². The highest BCUT2D eigenvalue weighted by Gasteiger charge is 2.19. The van der Waals surface area contributed by atoms with Crippen molar-refractivity contribution in [3.63, 3.8) is 0 Å². The number of hydrogen-bond donors (Lipinski definition) is 2. The van der Waals surface area contributed by atoms with Gasteiger partial charge in [-0.15, -0.1) is 0 Å². The fourth-order valence-corrected chi connectivity index (χ4v) is 3.60. The minimum absolute atomic E-state index is 0.0274. The van der Waals surface area contributed by atoms with E-state index in [0.29, 0.717) is 16.8 Å². The van der Waals surface area contributed by atoms with E-state index in [1.54, 1.807) is 31.2 Å². The molecule has 0 aliphatic carbocycles. The molecular weight excluding hydrogens is 336 g/mol. The average molecular weight is 360 g/mol. The maximum Gasteiger partial charge on any atom is 0.262 e. The Kier molecular flexibility index (Phi) is 5.85. The summed E-state index contributed by atoms with van der Waals surface area (Å²) in [6, 6.07) is 11.8. The number of carbonyl (C=O) groups is 1. The molecule has 6 heteroatoms. The molecule has 0 fully saturated rings. The van der Waals surface area contributed by atoms with Crippen molar-refractivity contribution >= 4 is 21.6 Å². The number of sulfonamides is 1. The predicted octanol–water partition coefficient (Wildman–Crippen LogP) is 3.63. The van der Waals surface area contributed by atoms with E-state index in [4.69, 9.17) is 0 Å². The van der Waals surface area contributed by atoms with Crippen molar-refractivity contribution in [1.29, 1.82) is 0 Å². The van der Waals surface area contributed by atoms with Gasteiger partial charge in [0, 0.05) is 17.3 Å². The van der Waals surface area contributed by atoms with Crippen LogP contribution in [0.4, 0.5) is 5.69 Å². The number of hydrogen-bond acceptors (Lipinski definition) is 3. The molecule has 2 aromatic carbocycles. The Bertz CT molecular complexity index is 859. The lowest BCUT2D eigenvalue weighted by atomic mass is 10.1. The van der Waals surface area contributed by atoms with Crippen LogP contribution in [-0.4, -0.2) is 20.4 Å². The van der Waals surface area contributed by atoms with E-state index in [1.165, 1.54) is 6.07 Å². The van der Waals surface area contributed by atoms with Crippen molar-refractivity contribution in [2.75, 3.05) is 4.72 Å². The van der Waals surface area contributed by atoms with Gasteiger partial charge in [-0.3, -0.25) is 9.52 Å². The van der Waals surface area contributed by atoms with E-state index in [0.717, 1.165) is 12.0 Å². The molecule has 2 aromatic rings. The van der Waals surface area contributed by atoms with Gasteiger partial charge in [0.15, 0.2) is 0 Å². The highest BCUT2D eigenvalue weighted by atomic mass is 32.2. The second kappa shape index (κ2) is 7.70. The third-order valence-corrected chi connectivity index (χ3v) is 5.56. The number of benzene rings is 2. The molecule has 0 aliphatic heterocycles. The highest BCUT2D eigenvalue weighted by molar-refractivity contribution is 7.92. The smallest absolute Gasteiger partial charge is 0.262 e. The van der Waals surface area contributed by atoms with E-state index >= 15 is 0 Å². The first kappa shape index (κ1) is 19.0. The molecule has 2 N–H and O–H groups in total. The van der Waals surface area contributed by atoms with Crippen molar-refractivity contribution in [3.8, 4) is 0 Å². The van der Waals surface area contributed by atoms with Crippen LogP contribution in [0.25, 0.3) is 0 Å². The third kappa shape index (κ3) is 4.82. The molecule has 0 aliphatic rings. The summed E-state index contributed by atoms with van der Waals surface area (Å²) in [5, 5.41) is 2.85. The van der Waals surface area contributed by atoms with Crippen LogP contribution in [0.5, 0.6) is 0 Å². The van der Waals surface area contributed by atoms with Gasteiger partial charge < -0.3 is 5.32 Å². The summed E-state index contributed by atoms with van der Waals surface area (Å²) in [4.78, 5) is 12.4. The molecule has 1 amide bonds. The Morgan fingerprint density at radius 2 is 1.72 bits per heavy atom. The van der Waals surface area contributed by atoms with Crippen molar-refractivity contribution in [1.82, 2.24) is 5.32 Å². The minimum atomic E-state index is -3.78. The summed E-state index contributed by atoms with van der Waals surface area (Å²) in [5.74, 6) is -0.277. The Balaban J connectivity index is 2.32. The molecule has 5 nitrogen and oxygen atoms in total. The molecule has 134 valence electrons. The zero-order chi connectivity index (χ0) is 18.6. The van der Waals surface area contributed by atoms with Crippen molar-refractivity contribution < 1.29 is 13.2 Å². The van der Waals surface area contributed by atoms with E-state index in [9.17, 15) is 13.2 Å². The Morgan fingerprint density at radius 3 is 2.32 bits per heavy atom. The molecule has 2 rings (SSSR count). The normalized spacial score (nSPS) is 12.5. The summed E-state index contributed by atoms with van der Waals surface area (Å²) in [5.41, 5.74) is 2.44. The Morgan fingerprint density at radius 1 is 1.08 bits per heavy atom. The van der Waals surface area contributed by atoms with E-state index in [-0.39, 0.29) is 16.8 Å². The molecule has 0 saturated heterocycles. The fraction of sp³-hybridized carbons (Fsp3) is 0.316. The first-order valence-electron chi connectivity index (χ1n) is 8.24. The molecule has 1 atom stereocenters. The van der Waals surface area contributed by atoms with Gasteiger partial charge in [0.2, 0.25) is 0 Å². The monoisotopic (exact) mass is 360 g/mol. The van der Waals surface area contributed by atoms with E-state index < -0.39 is 10.0 Å². The molecule has 0 bridgehead atoms. The van der Waals surface area contributed by atoms with Gasteiger partial charge in [-0.1, -0.05) is 30.7 Å². The SMILES string of the molecule is CC[C@H](C)NC(=O)c1ccc(C)c(S(=O)(=O)Nc2ccc(C)cc2)c1. The van der Waals surface area contributed by atoms with Gasteiger partial charge in [-0.25, -0.2) is 8.42 Å². The van der Waals surface area contributed by atoms with E-state index in [2.05, 4.69) is 10.0 Å². The number of amides is 1. The zero-order valence-corrected chi connectivity index (χ0v) is 15.8. The maximum atomic E-state index is 12.7. The summed E-state index contributed by atoms with van der Waals surface area (Å²) in [7, 11) is -3.78. The molecule has 0 unspecified atom stereocenters. The second-order valence-electron chi connectivity index (χ2n) is 6.23. The second-order valence-corrected chi connectivity index (χ2v) is 7.89. The molecule has 25 heavy (non-hydrogen) atoms. The molecule has 0 saturated carbocycles. The molecule has 0 spiro atoms. The largest absolute Gasteiger partial charge is 0.350 e. The lowest BCUT2D eigenvalue weighted by molar-refractivity contribution is 0.0939. The topological polar surface area (TPSA) is 75.3 Å². The number of aryl methyl sites for hydroxylation is 2. The van der Waals surface area contributed by atoms with Gasteiger partial charge in [-0.2, -0.15) is 0 Å². The first-order valence-corrected chi connectivity index (χ1v) is 9.72. The van der Waals surface area contributed by atoms with Crippen LogP contribution in [0.3, 0.4) is 0 Å². The Hall–Kier alpha value is -2.34. The lowest BCUT2D eigenvalue weighted by Gasteiger charge is -2.14. The molecule has 0 heterocycles. The van der Waals surface area contributed by atoms with Crippen molar-refractivity contribution in [3.05, 3.63) is 59.2 Å². The standard InChI is InChI=1S/C19H24N2O3S/c1-5-15(4)20-19(22)16-9-8-14(3)18(12-16)25(23,24)21-17-10-6-13(2)7-11-17/h6-12,15,21H,5H2,1-4H3,(H,20,22)/t15-/m0/s1. The summed E-state index contributed by atoms with van der Waals surface area (Å²) in [6.07, 6.45) is 0.803. The predicted molar refractivity (Wildman–Crippen MR) is 100 cm³/mol. The fourth-order valence-electron chi connectivity index (χ4n) is 2.27. The van der Waals surface area contributed by atoms with Crippen LogP contribution in [0.2, 0.25) is 0 Å². The number of carbonyl (C=O) groups excluding carboxylic acids is 1. The lowest BCUT2D eigenvalue weighted by Crippen LogP contribution is -2.32. The van der Waals surface area contributed by atoms with Crippen LogP contribution >= 0.6 is 0 Å². The molecule has 0 aromatic heterocycles. The van der Waals surface area contributed by atoms with Crippen LogP contribution in [0, 0.1) is 13.8 Å². The summed E-state index contributed by atoms with van der Waals surface area (Å²) in [6.45, 7) is 7.52. The quantitative estimate of drug-likeness (QED) is 0.826. The third-order valence-electron chi connectivity index (χ3n) is 4.03. The van der Waals surface area contributed by atoms with Gasteiger partial charge in [-0.05, 0) is 57.0 Å². The average Bonchev–Trinajstić information content (AvgIpc) is 2.56. The summed E-state index contributed by atoms with van der Waals surface area (Å²) >= 11 is 0. The van der Waals surface area contributed by atoms with Crippen molar-refractivity contribution in [2.24, 2.45) is 0 Å². The molecule has 0 radical (unpaired) electrons. The minimum Gasteiger partial charge on any atom is -0.350 e. The first-order chi connectivity index (χ1) is 11.7. The highest BCUT2D eigenvalue weighted by Crippen LogP contribution is 2.21. The number of nitrogens with one attached hydrogen (secondary N) is 2. The number of anilines is 1. The van der Waals surface area contributed by atoms with Crippen LogP contribution in [-0.2, 0) is 10.0 Å². The van der Waals surface area contributed by atoms with Crippen LogP contribution in [0.15, 0.2) is 47.4 Å². The van der Waals surface area contributed by atoms with Gasteiger partial charge >= 0.3 is 0 Å². The zero-order valence-electron chi connectivity index (χ0n) is 15.0. The number of rotatable bonds is 6. The van der Waals surface area contributed by atoms with E-state index in [1.807, 2.05) is 32.9 Å². The summed E-state index contributed by atoms with van der Waals surface area (Å²) < 4.78 is 28.0. The van der Waals surface area contributed by atoms with Crippen molar-refractivity contribution in [2.45, 2.75) is 45.1 Å². The maximum absolute atomic E-state index is 12.7. The van der Waals surface area contributed by atoms with Gasteiger partial charge in [0.25, 0.3) is 15.9 Å². The van der Waals surface area contributed by atoms with Crippen LogP contribution < -0.4 is 10.0 Å². The van der Waals surface area contributed by atoms with Crippen LogP contribution in [0.1, 0.15) is 41.8 Å². The Labute approximate surface area is 149 Å².